The monoisotopic (exact) mass is 329 g/mol. The Kier molecular flexibility index (Phi) is 4.57. The van der Waals surface area contributed by atoms with Crippen LogP contribution in [-0.2, 0) is 6.42 Å². The Bertz CT molecular complexity index is 767. The number of thiazole rings is 1. The molecule has 3 aromatic heterocycles. The first-order valence-corrected chi connectivity index (χ1v) is 7.85. The molecular formula is C14H15N7OS. The van der Waals surface area contributed by atoms with Gasteiger partial charge in [-0.2, -0.15) is 5.10 Å². The van der Waals surface area contributed by atoms with E-state index in [0.29, 0.717) is 24.5 Å². The lowest BCUT2D eigenvalue weighted by Gasteiger charge is -2.07. The SMILES string of the molecule is Cc1nc(CCNC(=O)Nc2ccc(-n3cncn3)nc2)cs1. The highest BCUT2D eigenvalue weighted by atomic mass is 32.1. The number of rotatable bonds is 5. The van der Waals surface area contributed by atoms with Crippen LogP contribution in [0.4, 0.5) is 10.5 Å². The summed E-state index contributed by atoms with van der Waals surface area (Å²) in [7, 11) is 0. The number of carbonyl (C=O) groups is 1. The van der Waals surface area contributed by atoms with Crippen LogP contribution in [0.5, 0.6) is 0 Å². The van der Waals surface area contributed by atoms with Gasteiger partial charge >= 0.3 is 6.03 Å². The van der Waals surface area contributed by atoms with Crippen molar-refractivity contribution in [3.8, 4) is 5.82 Å². The van der Waals surface area contributed by atoms with Crippen LogP contribution in [-0.4, -0.2) is 37.3 Å². The molecule has 9 heteroatoms. The van der Waals surface area contributed by atoms with Crippen molar-refractivity contribution in [1.29, 1.82) is 0 Å². The van der Waals surface area contributed by atoms with Gasteiger partial charge in [0.2, 0.25) is 0 Å². The molecule has 0 radical (unpaired) electrons. The average molecular weight is 329 g/mol. The van der Waals surface area contributed by atoms with E-state index in [1.165, 1.54) is 6.33 Å². The lowest BCUT2D eigenvalue weighted by atomic mass is 10.3. The second kappa shape index (κ2) is 6.97. The van der Waals surface area contributed by atoms with Gasteiger partial charge in [-0.3, -0.25) is 0 Å². The largest absolute Gasteiger partial charge is 0.337 e. The first kappa shape index (κ1) is 15.1. The lowest BCUT2D eigenvalue weighted by molar-refractivity contribution is 0.252. The van der Waals surface area contributed by atoms with Crippen molar-refractivity contribution in [3.05, 3.63) is 47.1 Å². The van der Waals surface area contributed by atoms with Gasteiger partial charge in [-0.05, 0) is 19.1 Å². The van der Waals surface area contributed by atoms with E-state index < -0.39 is 0 Å². The molecule has 0 spiro atoms. The molecule has 118 valence electrons. The van der Waals surface area contributed by atoms with Crippen LogP contribution < -0.4 is 10.6 Å². The number of carbonyl (C=O) groups excluding carboxylic acids is 1. The van der Waals surface area contributed by atoms with E-state index in [1.807, 2.05) is 12.3 Å². The Labute approximate surface area is 136 Å². The summed E-state index contributed by atoms with van der Waals surface area (Å²) in [4.78, 5) is 24.2. The van der Waals surface area contributed by atoms with Crippen LogP contribution in [0, 0.1) is 6.92 Å². The maximum Gasteiger partial charge on any atom is 0.319 e. The number of aryl methyl sites for hydroxylation is 1. The van der Waals surface area contributed by atoms with E-state index in [2.05, 4.69) is 30.7 Å². The van der Waals surface area contributed by atoms with Crippen molar-refractivity contribution < 1.29 is 4.79 Å². The van der Waals surface area contributed by atoms with Crippen molar-refractivity contribution in [2.75, 3.05) is 11.9 Å². The van der Waals surface area contributed by atoms with Gasteiger partial charge in [0.1, 0.15) is 12.7 Å². The molecule has 8 nitrogen and oxygen atoms in total. The molecule has 2 amide bonds. The Morgan fingerprint density at radius 2 is 2.30 bits per heavy atom. The van der Waals surface area contributed by atoms with Crippen LogP contribution in [0.15, 0.2) is 36.4 Å². The minimum atomic E-state index is -0.271. The number of amides is 2. The third-order valence-corrected chi connectivity index (χ3v) is 3.81. The van der Waals surface area contributed by atoms with Gasteiger partial charge in [0, 0.05) is 18.3 Å². The van der Waals surface area contributed by atoms with Gasteiger partial charge in [0.15, 0.2) is 5.82 Å². The molecule has 23 heavy (non-hydrogen) atoms. The number of hydrogen-bond donors (Lipinski definition) is 2. The van der Waals surface area contributed by atoms with Crippen LogP contribution in [0.2, 0.25) is 0 Å². The normalized spacial score (nSPS) is 10.5. The number of anilines is 1. The summed E-state index contributed by atoms with van der Waals surface area (Å²) in [6.07, 6.45) is 5.27. The van der Waals surface area contributed by atoms with Gasteiger partial charge < -0.3 is 10.6 Å². The number of pyridine rings is 1. The number of nitrogens with one attached hydrogen (secondary N) is 2. The molecule has 2 N–H and O–H groups in total. The highest BCUT2D eigenvalue weighted by Crippen LogP contribution is 2.09. The summed E-state index contributed by atoms with van der Waals surface area (Å²) in [5, 5.41) is 12.5. The summed E-state index contributed by atoms with van der Waals surface area (Å²) in [5.41, 5.74) is 1.60. The zero-order valence-corrected chi connectivity index (χ0v) is 13.2. The minimum Gasteiger partial charge on any atom is -0.337 e. The second-order valence-electron chi connectivity index (χ2n) is 4.73. The standard InChI is InChI=1S/C14H15N7OS/c1-10-19-12(7-23-10)4-5-16-14(22)20-11-2-3-13(17-6-11)21-9-15-8-18-21/h2-3,6-9H,4-5H2,1H3,(H2,16,20,22). The smallest absolute Gasteiger partial charge is 0.319 e. The highest BCUT2D eigenvalue weighted by molar-refractivity contribution is 7.09. The van der Waals surface area contributed by atoms with E-state index in [4.69, 9.17) is 0 Å². The van der Waals surface area contributed by atoms with E-state index in [1.54, 1.807) is 40.7 Å². The molecule has 0 aromatic carbocycles. The molecule has 0 saturated carbocycles. The molecule has 3 aromatic rings. The van der Waals surface area contributed by atoms with Crippen molar-refractivity contribution >= 4 is 23.1 Å². The topological polar surface area (TPSA) is 97.6 Å². The molecular weight excluding hydrogens is 314 g/mol. The van der Waals surface area contributed by atoms with Gasteiger partial charge in [-0.1, -0.05) is 0 Å². The summed E-state index contributed by atoms with van der Waals surface area (Å²) in [5.74, 6) is 0.632. The molecule has 0 saturated heterocycles. The molecule has 0 aliphatic rings. The molecule has 0 fully saturated rings. The summed E-state index contributed by atoms with van der Waals surface area (Å²) >= 11 is 1.61. The highest BCUT2D eigenvalue weighted by Gasteiger charge is 2.04. The predicted octanol–water partition coefficient (Wildman–Crippen LogP) is 1.79. The number of hydrogen-bond acceptors (Lipinski definition) is 6. The van der Waals surface area contributed by atoms with E-state index >= 15 is 0 Å². The Balaban J connectivity index is 1.48. The van der Waals surface area contributed by atoms with Crippen LogP contribution in [0.1, 0.15) is 10.7 Å². The quantitative estimate of drug-likeness (QED) is 0.744. The lowest BCUT2D eigenvalue weighted by Crippen LogP contribution is -2.30. The van der Waals surface area contributed by atoms with Gasteiger partial charge in [0.25, 0.3) is 0 Å². The molecule has 0 aliphatic carbocycles. The fraction of sp³-hybridized carbons (Fsp3) is 0.214. The molecule has 3 rings (SSSR count). The Hall–Kier alpha value is -2.81. The third-order valence-electron chi connectivity index (χ3n) is 2.99. The maximum absolute atomic E-state index is 11.8. The Morgan fingerprint density at radius 3 is 2.96 bits per heavy atom. The first-order chi connectivity index (χ1) is 11.2. The van der Waals surface area contributed by atoms with Crippen molar-refractivity contribution in [3.63, 3.8) is 0 Å². The molecule has 0 unspecified atom stereocenters. The number of nitrogens with zero attached hydrogens (tertiary/aromatic N) is 5. The van der Waals surface area contributed by atoms with E-state index in [9.17, 15) is 4.79 Å². The zero-order valence-electron chi connectivity index (χ0n) is 12.4. The second-order valence-corrected chi connectivity index (χ2v) is 5.80. The van der Waals surface area contributed by atoms with Gasteiger partial charge in [0.05, 0.1) is 22.6 Å². The maximum atomic E-state index is 11.8. The Morgan fingerprint density at radius 1 is 1.39 bits per heavy atom. The molecule has 0 atom stereocenters. The van der Waals surface area contributed by atoms with Crippen molar-refractivity contribution in [2.45, 2.75) is 13.3 Å². The third kappa shape index (κ3) is 4.10. The van der Waals surface area contributed by atoms with Crippen LogP contribution in [0.3, 0.4) is 0 Å². The minimum absolute atomic E-state index is 0.271. The van der Waals surface area contributed by atoms with E-state index in [0.717, 1.165) is 10.7 Å². The van der Waals surface area contributed by atoms with E-state index in [-0.39, 0.29) is 6.03 Å². The van der Waals surface area contributed by atoms with Crippen molar-refractivity contribution in [2.24, 2.45) is 0 Å². The fourth-order valence-electron chi connectivity index (χ4n) is 1.92. The molecule has 0 aliphatic heterocycles. The van der Waals surface area contributed by atoms with Gasteiger partial charge in [-0.15, -0.1) is 11.3 Å². The average Bonchev–Trinajstić information content (AvgIpc) is 3.20. The van der Waals surface area contributed by atoms with Crippen molar-refractivity contribution in [1.82, 2.24) is 30.0 Å². The number of aromatic nitrogens is 5. The fourth-order valence-corrected chi connectivity index (χ4v) is 2.57. The van der Waals surface area contributed by atoms with Crippen LogP contribution >= 0.6 is 11.3 Å². The number of urea groups is 1. The summed E-state index contributed by atoms with van der Waals surface area (Å²) in [6, 6.07) is 3.24. The first-order valence-electron chi connectivity index (χ1n) is 6.97. The predicted molar refractivity (Wildman–Crippen MR) is 86.7 cm³/mol. The van der Waals surface area contributed by atoms with Crippen LogP contribution in [0.25, 0.3) is 5.82 Å². The zero-order chi connectivity index (χ0) is 16.1. The molecule has 3 heterocycles. The van der Waals surface area contributed by atoms with Gasteiger partial charge in [-0.25, -0.2) is 24.4 Å². The summed E-state index contributed by atoms with van der Waals surface area (Å²) < 4.78 is 1.54. The molecule has 0 bridgehead atoms. The summed E-state index contributed by atoms with van der Waals surface area (Å²) in [6.45, 7) is 2.49.